The van der Waals surface area contributed by atoms with Crippen molar-refractivity contribution in [1.29, 1.82) is 0 Å². The van der Waals surface area contributed by atoms with Crippen molar-refractivity contribution in [3.8, 4) is 0 Å². The molecule has 4 rings (SSSR count). The number of unbranched alkanes of at least 4 members (excludes halogenated alkanes) is 1. The van der Waals surface area contributed by atoms with Crippen molar-refractivity contribution in [3.05, 3.63) is 48.5 Å². The van der Waals surface area contributed by atoms with Crippen LogP contribution in [0.2, 0.25) is 0 Å². The minimum absolute atomic E-state index is 0.00561. The Morgan fingerprint density at radius 3 is 2.56 bits per heavy atom. The second kappa shape index (κ2) is 6.51. The summed E-state index contributed by atoms with van der Waals surface area (Å²) in [6.45, 7) is 3.07. The molecule has 5 nitrogen and oxygen atoms in total. The zero-order valence-corrected chi connectivity index (χ0v) is 14.2. The SMILES string of the molecule is CCCCNC(=O)Cn1c2ccccc2c2nc3ccccc3nc21. The van der Waals surface area contributed by atoms with Crippen LogP contribution in [0, 0.1) is 0 Å². The molecular formula is C20H20N4O. The Labute approximate surface area is 145 Å². The fourth-order valence-electron chi connectivity index (χ4n) is 3.15. The summed E-state index contributed by atoms with van der Waals surface area (Å²) in [4.78, 5) is 21.9. The number of amides is 1. The Balaban J connectivity index is 1.85. The molecule has 0 aliphatic rings. The standard InChI is InChI=1S/C20H20N4O/c1-2-3-12-21-18(25)13-24-17-11-7-4-8-14(17)19-20(24)23-16-10-6-5-9-15(16)22-19/h4-11H,2-3,12-13H2,1H3,(H,21,25). The van der Waals surface area contributed by atoms with E-state index in [0.29, 0.717) is 6.54 Å². The Bertz CT molecular complexity index is 1070. The molecule has 1 N–H and O–H groups in total. The van der Waals surface area contributed by atoms with E-state index in [4.69, 9.17) is 9.97 Å². The van der Waals surface area contributed by atoms with Gasteiger partial charge >= 0.3 is 0 Å². The number of para-hydroxylation sites is 3. The fourth-order valence-corrected chi connectivity index (χ4v) is 3.15. The predicted molar refractivity (Wildman–Crippen MR) is 100 cm³/mol. The first-order valence-corrected chi connectivity index (χ1v) is 8.68. The Hall–Kier alpha value is -2.95. The summed E-state index contributed by atoms with van der Waals surface area (Å²) in [5, 5.41) is 4.01. The second-order valence-electron chi connectivity index (χ2n) is 6.19. The van der Waals surface area contributed by atoms with Crippen LogP contribution in [0.25, 0.3) is 33.1 Å². The van der Waals surface area contributed by atoms with Crippen LogP contribution in [-0.2, 0) is 11.3 Å². The normalized spacial score (nSPS) is 11.4. The number of hydrogen-bond acceptors (Lipinski definition) is 3. The molecule has 126 valence electrons. The van der Waals surface area contributed by atoms with E-state index in [2.05, 4.69) is 12.2 Å². The zero-order valence-electron chi connectivity index (χ0n) is 14.2. The topological polar surface area (TPSA) is 59.8 Å². The van der Waals surface area contributed by atoms with Crippen molar-refractivity contribution in [1.82, 2.24) is 19.9 Å². The summed E-state index contributed by atoms with van der Waals surface area (Å²) in [5.41, 5.74) is 4.29. The molecule has 0 unspecified atom stereocenters. The third-order valence-electron chi connectivity index (χ3n) is 4.41. The van der Waals surface area contributed by atoms with Crippen LogP contribution in [0.5, 0.6) is 0 Å². The molecule has 0 aliphatic carbocycles. The van der Waals surface area contributed by atoms with Gasteiger partial charge in [0.05, 0.1) is 16.6 Å². The predicted octanol–water partition coefficient (Wildman–Crippen LogP) is 3.65. The molecule has 5 heteroatoms. The molecule has 2 aromatic carbocycles. The van der Waals surface area contributed by atoms with Crippen LogP contribution >= 0.6 is 0 Å². The minimum atomic E-state index is 0.00561. The molecule has 0 atom stereocenters. The lowest BCUT2D eigenvalue weighted by atomic mass is 10.2. The largest absolute Gasteiger partial charge is 0.355 e. The van der Waals surface area contributed by atoms with Gasteiger partial charge < -0.3 is 9.88 Å². The highest BCUT2D eigenvalue weighted by Crippen LogP contribution is 2.27. The van der Waals surface area contributed by atoms with Crippen LogP contribution in [0.3, 0.4) is 0 Å². The van der Waals surface area contributed by atoms with Crippen LogP contribution in [0.4, 0.5) is 0 Å². The van der Waals surface area contributed by atoms with E-state index in [-0.39, 0.29) is 12.5 Å². The number of rotatable bonds is 5. The molecule has 0 aliphatic heterocycles. The number of carbonyl (C=O) groups excluding carboxylic acids is 1. The van der Waals surface area contributed by atoms with Gasteiger partial charge in [-0.15, -0.1) is 0 Å². The van der Waals surface area contributed by atoms with E-state index < -0.39 is 0 Å². The lowest BCUT2D eigenvalue weighted by Gasteiger charge is -2.08. The smallest absolute Gasteiger partial charge is 0.240 e. The summed E-state index contributed by atoms with van der Waals surface area (Å²) in [5.74, 6) is 0.00561. The molecule has 1 amide bonds. The van der Waals surface area contributed by atoms with E-state index >= 15 is 0 Å². The summed E-state index contributed by atoms with van der Waals surface area (Å²) in [7, 11) is 0. The van der Waals surface area contributed by atoms with Crippen LogP contribution in [0.1, 0.15) is 19.8 Å². The van der Waals surface area contributed by atoms with Gasteiger partial charge in [0.25, 0.3) is 0 Å². The Morgan fingerprint density at radius 1 is 1.04 bits per heavy atom. The molecule has 0 radical (unpaired) electrons. The lowest BCUT2D eigenvalue weighted by Crippen LogP contribution is -2.28. The maximum Gasteiger partial charge on any atom is 0.240 e. The van der Waals surface area contributed by atoms with Gasteiger partial charge in [-0.05, 0) is 24.6 Å². The monoisotopic (exact) mass is 332 g/mol. The van der Waals surface area contributed by atoms with Gasteiger partial charge in [0.1, 0.15) is 12.1 Å². The number of hydrogen-bond donors (Lipinski definition) is 1. The van der Waals surface area contributed by atoms with Gasteiger partial charge in [0, 0.05) is 11.9 Å². The third kappa shape index (κ3) is 2.82. The van der Waals surface area contributed by atoms with Gasteiger partial charge in [0.2, 0.25) is 5.91 Å². The summed E-state index contributed by atoms with van der Waals surface area (Å²) in [6.07, 6.45) is 2.05. The number of carbonyl (C=O) groups is 1. The molecule has 0 spiro atoms. The minimum Gasteiger partial charge on any atom is -0.355 e. The Morgan fingerprint density at radius 2 is 1.76 bits per heavy atom. The zero-order chi connectivity index (χ0) is 17.2. The highest BCUT2D eigenvalue weighted by molar-refractivity contribution is 6.07. The van der Waals surface area contributed by atoms with Gasteiger partial charge in [-0.25, -0.2) is 9.97 Å². The first-order valence-electron chi connectivity index (χ1n) is 8.68. The molecule has 4 aromatic rings. The average Bonchev–Trinajstić information content (AvgIpc) is 2.93. The van der Waals surface area contributed by atoms with Gasteiger partial charge in [-0.3, -0.25) is 4.79 Å². The molecular weight excluding hydrogens is 312 g/mol. The van der Waals surface area contributed by atoms with Crippen molar-refractivity contribution >= 4 is 39.0 Å². The highest BCUT2D eigenvalue weighted by Gasteiger charge is 2.16. The number of fused-ring (bicyclic) bond motifs is 4. The van der Waals surface area contributed by atoms with Gasteiger partial charge in [-0.2, -0.15) is 0 Å². The van der Waals surface area contributed by atoms with Crippen molar-refractivity contribution in [3.63, 3.8) is 0 Å². The van der Waals surface area contributed by atoms with Crippen LogP contribution in [-0.4, -0.2) is 27.0 Å². The molecule has 0 saturated carbocycles. The first-order chi connectivity index (χ1) is 12.3. The molecule has 0 fully saturated rings. The number of nitrogens with zero attached hydrogens (tertiary/aromatic N) is 3. The molecule has 0 saturated heterocycles. The molecule has 2 heterocycles. The number of nitrogens with one attached hydrogen (secondary N) is 1. The highest BCUT2D eigenvalue weighted by atomic mass is 16.1. The average molecular weight is 332 g/mol. The molecule has 0 bridgehead atoms. The van der Waals surface area contributed by atoms with Gasteiger partial charge in [-0.1, -0.05) is 43.7 Å². The second-order valence-corrected chi connectivity index (χ2v) is 6.19. The quantitative estimate of drug-likeness (QED) is 0.568. The van der Waals surface area contributed by atoms with E-state index in [1.165, 1.54) is 0 Å². The fraction of sp³-hybridized carbons (Fsp3) is 0.250. The lowest BCUT2D eigenvalue weighted by molar-refractivity contribution is -0.121. The summed E-state index contributed by atoms with van der Waals surface area (Å²) in [6, 6.07) is 15.8. The van der Waals surface area contributed by atoms with Gasteiger partial charge in [0.15, 0.2) is 5.65 Å². The van der Waals surface area contributed by atoms with Crippen molar-refractivity contribution < 1.29 is 4.79 Å². The van der Waals surface area contributed by atoms with Crippen molar-refractivity contribution in [2.75, 3.05) is 6.54 Å². The molecule has 2 aromatic heterocycles. The maximum atomic E-state index is 12.4. The van der Waals surface area contributed by atoms with Crippen LogP contribution in [0.15, 0.2) is 48.5 Å². The molecule has 25 heavy (non-hydrogen) atoms. The van der Waals surface area contributed by atoms with E-state index in [1.54, 1.807) is 0 Å². The van der Waals surface area contributed by atoms with E-state index in [0.717, 1.165) is 45.9 Å². The summed E-state index contributed by atoms with van der Waals surface area (Å²) >= 11 is 0. The number of aromatic nitrogens is 3. The van der Waals surface area contributed by atoms with Crippen molar-refractivity contribution in [2.24, 2.45) is 0 Å². The first kappa shape index (κ1) is 15.6. The number of benzene rings is 2. The van der Waals surface area contributed by atoms with Crippen molar-refractivity contribution in [2.45, 2.75) is 26.3 Å². The third-order valence-corrected chi connectivity index (χ3v) is 4.41. The summed E-state index contributed by atoms with van der Waals surface area (Å²) < 4.78 is 1.96. The van der Waals surface area contributed by atoms with E-state index in [1.807, 2.05) is 53.1 Å². The Kier molecular flexibility index (Phi) is 4.06. The van der Waals surface area contributed by atoms with E-state index in [9.17, 15) is 4.79 Å². The maximum absolute atomic E-state index is 12.4. The van der Waals surface area contributed by atoms with Crippen LogP contribution < -0.4 is 5.32 Å².